The third kappa shape index (κ3) is 3.72. The van der Waals surface area contributed by atoms with E-state index in [-0.39, 0.29) is 17.6 Å². The number of fused-ring (bicyclic) bond motifs is 2. The standard InChI is InChI=1S/C29H26FN5O3/c1-3-26(36)34-17-18-14-29(34,15-18)10-7-19-16-31-11-8-20(19)25-13-21-24(9-12-32-28(21)37)35(25)33-23-6-4-5-22(30)27(23)38-2/h3-6,8,11,13,16,18,33H,1,9,12,14-15,17H2,2H3,(H,32,37). The number of anilines is 1. The van der Waals surface area contributed by atoms with Gasteiger partial charge in [-0.3, -0.25) is 24.7 Å². The van der Waals surface area contributed by atoms with Gasteiger partial charge >= 0.3 is 0 Å². The first-order valence-corrected chi connectivity index (χ1v) is 12.5. The number of nitrogens with zero attached hydrogens (tertiary/aromatic N) is 3. The number of methoxy groups -OCH3 is 1. The molecule has 7 rings (SSSR count). The fraction of sp³-hybridized carbons (Fsp3) is 0.276. The maximum Gasteiger partial charge on any atom is 0.253 e. The minimum absolute atomic E-state index is 0.0720. The van der Waals surface area contributed by atoms with E-state index in [2.05, 4.69) is 34.1 Å². The van der Waals surface area contributed by atoms with Crippen molar-refractivity contribution in [3.05, 3.63) is 78.0 Å². The van der Waals surface area contributed by atoms with Crippen LogP contribution < -0.4 is 15.5 Å². The smallest absolute Gasteiger partial charge is 0.253 e. The minimum atomic E-state index is -0.499. The number of ether oxygens (including phenoxy) is 1. The van der Waals surface area contributed by atoms with Crippen LogP contribution in [0.1, 0.15) is 34.5 Å². The number of amides is 2. The lowest BCUT2D eigenvalue weighted by Gasteiger charge is -2.37. The maximum absolute atomic E-state index is 14.5. The lowest BCUT2D eigenvalue weighted by Crippen LogP contribution is -2.46. The van der Waals surface area contributed by atoms with Gasteiger partial charge in [0, 0.05) is 37.5 Å². The Labute approximate surface area is 219 Å². The highest BCUT2D eigenvalue weighted by atomic mass is 19.1. The number of halogens is 1. The quantitative estimate of drug-likeness (QED) is 0.405. The van der Waals surface area contributed by atoms with Crippen LogP contribution in [0, 0.1) is 23.6 Å². The number of rotatable bonds is 5. The minimum Gasteiger partial charge on any atom is -0.492 e. The van der Waals surface area contributed by atoms with Gasteiger partial charge in [-0.05, 0) is 49.1 Å². The average molecular weight is 512 g/mol. The lowest BCUT2D eigenvalue weighted by atomic mass is 9.73. The second-order valence-electron chi connectivity index (χ2n) is 9.79. The summed E-state index contributed by atoms with van der Waals surface area (Å²) in [7, 11) is 1.41. The summed E-state index contributed by atoms with van der Waals surface area (Å²) in [5, 5.41) is 2.88. The van der Waals surface area contributed by atoms with Crippen LogP contribution in [0.5, 0.6) is 5.75 Å². The predicted molar refractivity (Wildman–Crippen MR) is 140 cm³/mol. The van der Waals surface area contributed by atoms with E-state index in [1.807, 2.05) is 17.0 Å². The number of pyridine rings is 1. The zero-order chi connectivity index (χ0) is 26.4. The normalized spacial score (nSPS) is 20.9. The SMILES string of the molecule is C=CC(=O)N1CC2CC1(C#Cc1cnccc1-c1cc3c(n1Nc1cccc(F)c1OC)CCNC3=O)C2. The van der Waals surface area contributed by atoms with Crippen LogP contribution in [0.3, 0.4) is 0 Å². The molecule has 3 fully saturated rings. The highest BCUT2D eigenvalue weighted by Crippen LogP contribution is 2.50. The monoisotopic (exact) mass is 511 g/mol. The van der Waals surface area contributed by atoms with Crippen LogP contribution in [-0.2, 0) is 11.2 Å². The molecule has 9 heteroatoms. The number of nitrogens with one attached hydrogen (secondary N) is 2. The van der Waals surface area contributed by atoms with Crippen molar-refractivity contribution in [1.29, 1.82) is 0 Å². The number of carbonyl (C=O) groups is 2. The van der Waals surface area contributed by atoms with Crippen molar-refractivity contribution in [3.63, 3.8) is 0 Å². The van der Waals surface area contributed by atoms with Crippen LogP contribution in [-0.4, -0.2) is 52.1 Å². The van der Waals surface area contributed by atoms with E-state index in [0.717, 1.165) is 24.1 Å². The molecule has 2 saturated heterocycles. The van der Waals surface area contributed by atoms with Gasteiger partial charge in [-0.1, -0.05) is 24.5 Å². The molecule has 192 valence electrons. The summed E-state index contributed by atoms with van der Waals surface area (Å²) in [5.74, 6) is 6.42. The Morgan fingerprint density at radius 2 is 2.18 bits per heavy atom. The summed E-state index contributed by atoms with van der Waals surface area (Å²) in [6.45, 7) is 4.82. The Hall–Kier alpha value is -4.58. The summed E-state index contributed by atoms with van der Waals surface area (Å²) in [4.78, 5) is 31.3. The average Bonchev–Trinajstić information content (AvgIpc) is 3.58. The molecule has 0 radical (unpaired) electrons. The second-order valence-corrected chi connectivity index (χ2v) is 9.79. The first kappa shape index (κ1) is 23.8. The van der Waals surface area contributed by atoms with Crippen LogP contribution in [0.4, 0.5) is 10.1 Å². The maximum atomic E-state index is 14.5. The Morgan fingerprint density at radius 3 is 2.97 bits per heavy atom. The molecule has 2 aromatic heterocycles. The number of para-hydroxylation sites is 1. The summed E-state index contributed by atoms with van der Waals surface area (Å²) in [6.07, 6.45) is 6.97. The first-order valence-electron chi connectivity index (χ1n) is 12.5. The second kappa shape index (κ2) is 9.06. The molecule has 2 bridgehead atoms. The molecule has 0 atom stereocenters. The Morgan fingerprint density at radius 1 is 1.34 bits per heavy atom. The van der Waals surface area contributed by atoms with Crippen molar-refractivity contribution in [2.45, 2.75) is 24.8 Å². The molecule has 1 aliphatic carbocycles. The molecule has 3 aliphatic heterocycles. The largest absolute Gasteiger partial charge is 0.492 e. The zero-order valence-corrected chi connectivity index (χ0v) is 20.9. The summed E-state index contributed by atoms with van der Waals surface area (Å²) in [6, 6.07) is 8.28. The summed E-state index contributed by atoms with van der Waals surface area (Å²) in [5.41, 5.74) is 6.59. The number of benzene rings is 1. The van der Waals surface area contributed by atoms with E-state index >= 15 is 0 Å². The van der Waals surface area contributed by atoms with Gasteiger partial charge in [-0.25, -0.2) is 4.39 Å². The highest BCUT2D eigenvalue weighted by molar-refractivity contribution is 5.98. The van der Waals surface area contributed by atoms with Crippen molar-refractivity contribution in [3.8, 4) is 28.8 Å². The van der Waals surface area contributed by atoms with Crippen molar-refractivity contribution >= 4 is 17.5 Å². The summed E-state index contributed by atoms with van der Waals surface area (Å²) < 4.78 is 21.6. The molecule has 8 nitrogen and oxygen atoms in total. The molecule has 1 saturated carbocycles. The molecule has 2 N–H and O–H groups in total. The topological polar surface area (TPSA) is 88.5 Å². The van der Waals surface area contributed by atoms with Crippen molar-refractivity contribution in [1.82, 2.24) is 19.9 Å². The Balaban J connectivity index is 1.46. The van der Waals surface area contributed by atoms with Crippen molar-refractivity contribution in [2.75, 3.05) is 25.6 Å². The molecule has 3 aromatic rings. The molecule has 5 heterocycles. The van der Waals surface area contributed by atoms with Crippen LogP contribution >= 0.6 is 0 Å². The predicted octanol–water partition coefficient (Wildman–Crippen LogP) is 3.39. The van der Waals surface area contributed by atoms with Gasteiger partial charge in [0.05, 0.1) is 35.3 Å². The third-order valence-corrected chi connectivity index (χ3v) is 7.58. The van der Waals surface area contributed by atoms with E-state index in [9.17, 15) is 14.0 Å². The van der Waals surface area contributed by atoms with Gasteiger partial charge in [0.25, 0.3) is 5.91 Å². The van der Waals surface area contributed by atoms with E-state index in [4.69, 9.17) is 4.74 Å². The van der Waals surface area contributed by atoms with Crippen molar-refractivity contribution in [2.24, 2.45) is 5.92 Å². The highest BCUT2D eigenvalue weighted by Gasteiger charge is 2.56. The van der Waals surface area contributed by atoms with E-state index in [1.165, 1.54) is 19.3 Å². The first-order chi connectivity index (χ1) is 18.4. The number of hydrogen-bond donors (Lipinski definition) is 2. The Kier molecular flexibility index (Phi) is 5.68. The lowest BCUT2D eigenvalue weighted by molar-refractivity contribution is -0.127. The molecule has 1 aromatic carbocycles. The molecule has 0 spiro atoms. The number of aromatic nitrogens is 2. The van der Waals surface area contributed by atoms with Gasteiger partial charge in [-0.2, -0.15) is 0 Å². The molecule has 38 heavy (non-hydrogen) atoms. The number of hydrogen-bond acceptors (Lipinski definition) is 5. The number of carbonyl (C=O) groups excluding carboxylic acids is 2. The summed E-state index contributed by atoms with van der Waals surface area (Å²) >= 11 is 0. The van der Waals surface area contributed by atoms with Gasteiger partial charge in [0.15, 0.2) is 11.6 Å². The van der Waals surface area contributed by atoms with Crippen LogP contribution in [0.2, 0.25) is 0 Å². The van der Waals surface area contributed by atoms with Crippen LogP contribution in [0.15, 0.2) is 55.4 Å². The fourth-order valence-electron chi connectivity index (χ4n) is 5.79. The molecule has 2 amide bonds. The molecule has 4 aliphatic rings. The zero-order valence-electron chi connectivity index (χ0n) is 20.9. The van der Waals surface area contributed by atoms with Gasteiger partial charge < -0.3 is 15.0 Å². The molecular formula is C29H26FN5O3. The van der Waals surface area contributed by atoms with E-state index in [1.54, 1.807) is 29.2 Å². The Bertz CT molecular complexity index is 1540. The van der Waals surface area contributed by atoms with Gasteiger partial charge in [-0.15, -0.1) is 0 Å². The van der Waals surface area contributed by atoms with E-state index in [0.29, 0.717) is 47.9 Å². The molecular weight excluding hydrogens is 485 g/mol. The molecule has 0 unspecified atom stereocenters. The fourth-order valence-corrected chi connectivity index (χ4v) is 5.79. The van der Waals surface area contributed by atoms with Crippen LogP contribution in [0.25, 0.3) is 11.3 Å². The third-order valence-electron chi connectivity index (χ3n) is 7.58. The van der Waals surface area contributed by atoms with Gasteiger partial charge in [0.2, 0.25) is 5.91 Å². The van der Waals surface area contributed by atoms with Crippen molar-refractivity contribution < 1.29 is 18.7 Å². The van der Waals surface area contributed by atoms with E-state index < -0.39 is 11.4 Å². The van der Waals surface area contributed by atoms with Gasteiger partial charge in [0.1, 0.15) is 5.54 Å².